The van der Waals surface area contributed by atoms with Crippen molar-refractivity contribution < 1.29 is 14.3 Å². The van der Waals surface area contributed by atoms with Gasteiger partial charge in [0, 0.05) is 16.4 Å². The summed E-state index contributed by atoms with van der Waals surface area (Å²) in [7, 11) is 0. The lowest BCUT2D eigenvalue weighted by Gasteiger charge is -2.32. The summed E-state index contributed by atoms with van der Waals surface area (Å²) in [5, 5.41) is 12.4. The SMILES string of the molecule is O=C(Nc1cccc(Cl)c1Cl)NC1CCCCC1NC(=O)c1csc(COc2ccc(Cl)cc2)n1. The summed E-state index contributed by atoms with van der Waals surface area (Å²) in [6.07, 6.45) is 3.42. The van der Waals surface area contributed by atoms with Gasteiger partial charge in [0.15, 0.2) is 0 Å². The Morgan fingerprint density at radius 1 is 1.00 bits per heavy atom. The van der Waals surface area contributed by atoms with Crippen LogP contribution in [0.2, 0.25) is 15.1 Å². The van der Waals surface area contributed by atoms with E-state index in [2.05, 4.69) is 20.9 Å². The first kappa shape index (κ1) is 25.6. The van der Waals surface area contributed by atoms with Crippen molar-refractivity contribution in [3.8, 4) is 5.75 Å². The van der Waals surface area contributed by atoms with Crippen LogP contribution in [0.5, 0.6) is 5.75 Å². The van der Waals surface area contributed by atoms with Crippen LogP contribution in [-0.4, -0.2) is 29.0 Å². The third kappa shape index (κ3) is 7.01. The van der Waals surface area contributed by atoms with E-state index < -0.39 is 6.03 Å². The zero-order chi connectivity index (χ0) is 24.8. The molecule has 3 aromatic rings. The van der Waals surface area contributed by atoms with Crippen molar-refractivity contribution in [2.45, 2.75) is 44.4 Å². The predicted octanol–water partition coefficient (Wildman–Crippen LogP) is 6.55. The summed E-state index contributed by atoms with van der Waals surface area (Å²) in [6, 6.07) is 11.2. The molecule has 0 saturated heterocycles. The molecule has 2 atom stereocenters. The first-order valence-corrected chi connectivity index (χ1v) is 13.1. The van der Waals surface area contributed by atoms with Crippen molar-refractivity contribution in [3.05, 3.63) is 73.6 Å². The molecule has 3 amide bonds. The Kier molecular flexibility index (Phi) is 8.73. The van der Waals surface area contributed by atoms with Gasteiger partial charge in [-0.05, 0) is 49.2 Å². The summed E-state index contributed by atoms with van der Waals surface area (Å²) < 4.78 is 5.70. The monoisotopic (exact) mass is 552 g/mol. The van der Waals surface area contributed by atoms with E-state index in [0.29, 0.717) is 32.2 Å². The van der Waals surface area contributed by atoms with Gasteiger partial charge in [-0.1, -0.05) is 53.7 Å². The number of urea groups is 1. The van der Waals surface area contributed by atoms with Crippen molar-refractivity contribution in [3.63, 3.8) is 0 Å². The number of aromatic nitrogens is 1. The van der Waals surface area contributed by atoms with Crippen LogP contribution < -0.4 is 20.7 Å². The largest absolute Gasteiger partial charge is 0.486 e. The summed E-state index contributed by atoms with van der Waals surface area (Å²) in [5.74, 6) is 0.389. The molecule has 35 heavy (non-hydrogen) atoms. The molecule has 1 heterocycles. The maximum atomic E-state index is 12.9. The van der Waals surface area contributed by atoms with Gasteiger partial charge in [-0.15, -0.1) is 11.3 Å². The molecule has 2 aromatic carbocycles. The standard InChI is InChI=1S/C24H23Cl3N4O3S/c25-14-8-10-15(11-9-14)34-12-21-28-20(13-35-21)23(32)29-17-5-1-2-6-18(17)30-24(33)31-19-7-3-4-16(26)22(19)27/h3-4,7-11,13,17-18H,1-2,5-6,12H2,(H,29,32)(H2,30,31,33). The highest BCUT2D eigenvalue weighted by atomic mass is 35.5. The Labute approximate surface area is 222 Å². The van der Waals surface area contributed by atoms with Gasteiger partial charge in [0.25, 0.3) is 5.91 Å². The van der Waals surface area contributed by atoms with Crippen molar-refractivity contribution in [1.82, 2.24) is 15.6 Å². The number of ether oxygens (including phenoxy) is 1. The minimum absolute atomic E-state index is 0.215. The lowest BCUT2D eigenvalue weighted by Crippen LogP contribution is -2.54. The Bertz CT molecular complexity index is 1190. The zero-order valence-corrected chi connectivity index (χ0v) is 21.6. The fraction of sp³-hybridized carbons (Fsp3) is 0.292. The number of nitrogens with zero attached hydrogens (tertiary/aromatic N) is 1. The van der Waals surface area contributed by atoms with E-state index in [1.54, 1.807) is 47.8 Å². The molecule has 0 spiro atoms. The minimum atomic E-state index is -0.407. The molecular formula is C24H23Cl3N4O3S. The van der Waals surface area contributed by atoms with Crippen LogP contribution in [0, 0.1) is 0 Å². The van der Waals surface area contributed by atoms with Gasteiger partial charge in [0.1, 0.15) is 23.1 Å². The van der Waals surface area contributed by atoms with E-state index in [1.165, 1.54) is 11.3 Å². The van der Waals surface area contributed by atoms with Crippen molar-refractivity contribution >= 4 is 63.8 Å². The second kappa shape index (κ2) is 11.9. The number of thiazole rings is 1. The lowest BCUT2D eigenvalue weighted by molar-refractivity contribution is 0.0911. The molecule has 4 rings (SSSR count). The van der Waals surface area contributed by atoms with Crippen molar-refractivity contribution in [1.29, 1.82) is 0 Å². The van der Waals surface area contributed by atoms with E-state index in [1.807, 2.05) is 0 Å². The fourth-order valence-corrected chi connectivity index (χ4v) is 4.96. The fourth-order valence-electron chi connectivity index (χ4n) is 3.80. The highest BCUT2D eigenvalue weighted by Gasteiger charge is 2.29. The third-order valence-electron chi connectivity index (χ3n) is 5.56. The average molecular weight is 554 g/mol. The van der Waals surface area contributed by atoms with Crippen LogP contribution in [0.3, 0.4) is 0 Å². The molecule has 184 valence electrons. The van der Waals surface area contributed by atoms with E-state index in [0.717, 1.165) is 25.7 Å². The van der Waals surface area contributed by atoms with Crippen molar-refractivity contribution in [2.24, 2.45) is 0 Å². The summed E-state index contributed by atoms with van der Waals surface area (Å²) in [6.45, 7) is 0.249. The summed E-state index contributed by atoms with van der Waals surface area (Å²) >= 11 is 19.4. The smallest absolute Gasteiger partial charge is 0.319 e. The lowest BCUT2D eigenvalue weighted by atomic mass is 9.90. The summed E-state index contributed by atoms with van der Waals surface area (Å²) in [4.78, 5) is 29.8. The normalized spacial score (nSPS) is 17.5. The summed E-state index contributed by atoms with van der Waals surface area (Å²) in [5.41, 5.74) is 0.744. The van der Waals surface area contributed by atoms with Crippen LogP contribution >= 0.6 is 46.1 Å². The topological polar surface area (TPSA) is 92.4 Å². The third-order valence-corrected chi connectivity index (χ3v) is 7.45. The number of hydrogen-bond donors (Lipinski definition) is 3. The van der Waals surface area contributed by atoms with Crippen LogP contribution in [0.4, 0.5) is 10.5 Å². The molecule has 1 aliphatic rings. The number of benzene rings is 2. The number of rotatable bonds is 7. The molecule has 2 unspecified atom stereocenters. The Morgan fingerprint density at radius 3 is 2.46 bits per heavy atom. The first-order chi connectivity index (χ1) is 16.9. The second-order valence-corrected chi connectivity index (χ2v) is 10.2. The molecule has 1 aliphatic carbocycles. The molecular weight excluding hydrogens is 531 g/mol. The minimum Gasteiger partial charge on any atom is -0.486 e. The molecule has 0 bridgehead atoms. The van der Waals surface area contributed by atoms with Crippen molar-refractivity contribution in [2.75, 3.05) is 5.32 Å². The second-order valence-electron chi connectivity index (χ2n) is 8.04. The number of halogens is 3. The van der Waals surface area contributed by atoms with Gasteiger partial charge in [0.05, 0.1) is 21.8 Å². The Balaban J connectivity index is 1.32. The van der Waals surface area contributed by atoms with E-state index in [-0.39, 0.29) is 29.6 Å². The molecule has 0 aliphatic heterocycles. The molecule has 0 radical (unpaired) electrons. The van der Waals surface area contributed by atoms with Crippen LogP contribution in [-0.2, 0) is 6.61 Å². The number of carbonyl (C=O) groups is 2. The maximum Gasteiger partial charge on any atom is 0.319 e. The van der Waals surface area contributed by atoms with Crippen LogP contribution in [0.1, 0.15) is 41.2 Å². The zero-order valence-electron chi connectivity index (χ0n) is 18.5. The van der Waals surface area contributed by atoms with Gasteiger partial charge in [-0.3, -0.25) is 4.79 Å². The number of nitrogens with one attached hydrogen (secondary N) is 3. The van der Waals surface area contributed by atoms with Gasteiger partial charge < -0.3 is 20.7 Å². The van der Waals surface area contributed by atoms with E-state index in [9.17, 15) is 9.59 Å². The van der Waals surface area contributed by atoms with Crippen LogP contribution in [0.15, 0.2) is 47.8 Å². The number of carbonyl (C=O) groups excluding carboxylic acids is 2. The highest BCUT2D eigenvalue weighted by Crippen LogP contribution is 2.29. The first-order valence-electron chi connectivity index (χ1n) is 11.0. The molecule has 7 nitrogen and oxygen atoms in total. The Hall–Kier alpha value is -2.52. The Morgan fingerprint density at radius 2 is 1.71 bits per heavy atom. The van der Waals surface area contributed by atoms with E-state index in [4.69, 9.17) is 39.5 Å². The van der Waals surface area contributed by atoms with Gasteiger partial charge in [0.2, 0.25) is 0 Å². The van der Waals surface area contributed by atoms with Crippen LogP contribution in [0.25, 0.3) is 0 Å². The number of hydrogen-bond acceptors (Lipinski definition) is 5. The molecule has 1 fully saturated rings. The molecule has 3 N–H and O–H groups in total. The van der Waals surface area contributed by atoms with Gasteiger partial charge in [-0.25, -0.2) is 9.78 Å². The van der Waals surface area contributed by atoms with E-state index >= 15 is 0 Å². The molecule has 11 heteroatoms. The number of anilines is 1. The number of amides is 3. The maximum absolute atomic E-state index is 12.9. The van der Waals surface area contributed by atoms with Gasteiger partial charge in [-0.2, -0.15) is 0 Å². The van der Waals surface area contributed by atoms with Gasteiger partial charge >= 0.3 is 6.03 Å². The molecule has 1 aromatic heterocycles. The predicted molar refractivity (Wildman–Crippen MR) is 140 cm³/mol. The average Bonchev–Trinajstić information content (AvgIpc) is 3.32. The molecule has 1 saturated carbocycles. The highest BCUT2D eigenvalue weighted by molar-refractivity contribution is 7.09. The quantitative estimate of drug-likeness (QED) is 0.309.